The number of pyridine rings is 1. The number of aromatic nitrogens is 1. The van der Waals surface area contributed by atoms with Gasteiger partial charge in [-0.05, 0) is 24.3 Å². The van der Waals surface area contributed by atoms with Crippen LogP contribution in [0.2, 0.25) is 0 Å². The van der Waals surface area contributed by atoms with E-state index in [1.165, 1.54) is 6.07 Å². The van der Waals surface area contributed by atoms with Crippen LogP contribution in [-0.4, -0.2) is 11.6 Å². The van der Waals surface area contributed by atoms with Gasteiger partial charge >= 0.3 is 6.61 Å². The van der Waals surface area contributed by atoms with Crippen LogP contribution in [0.25, 0.3) is 0 Å². The van der Waals surface area contributed by atoms with Crippen LogP contribution in [0.4, 0.5) is 26.0 Å². The van der Waals surface area contributed by atoms with E-state index >= 15 is 0 Å². The monoisotopic (exact) mass is 251 g/mol. The van der Waals surface area contributed by atoms with Crippen LogP contribution < -0.4 is 15.8 Å². The molecule has 3 N–H and O–H groups in total. The Balaban J connectivity index is 2.26. The lowest BCUT2D eigenvalue weighted by atomic mass is 10.3. The molecule has 0 saturated heterocycles. The summed E-state index contributed by atoms with van der Waals surface area (Å²) >= 11 is 0. The summed E-state index contributed by atoms with van der Waals surface area (Å²) in [6.45, 7) is -2.88. The van der Waals surface area contributed by atoms with Crippen LogP contribution in [0.1, 0.15) is 0 Å². The van der Waals surface area contributed by atoms with Gasteiger partial charge < -0.3 is 15.8 Å². The molecule has 0 saturated carbocycles. The standard InChI is InChI=1S/C12H11F2N3O/c13-12(14)18-10-6-2-1-5-9(10)17-11-8(15)4-3-7-16-11/h1-7,12H,15H2,(H,16,17). The van der Waals surface area contributed by atoms with Crippen molar-refractivity contribution in [2.75, 3.05) is 11.1 Å². The van der Waals surface area contributed by atoms with Gasteiger partial charge in [-0.25, -0.2) is 4.98 Å². The first kappa shape index (κ1) is 12.1. The lowest BCUT2D eigenvalue weighted by Gasteiger charge is -2.12. The molecule has 6 heteroatoms. The maximum absolute atomic E-state index is 12.2. The first-order valence-corrected chi connectivity index (χ1v) is 5.18. The number of benzene rings is 1. The molecule has 1 heterocycles. The van der Waals surface area contributed by atoms with Gasteiger partial charge in [0, 0.05) is 6.20 Å². The van der Waals surface area contributed by atoms with E-state index in [2.05, 4.69) is 15.0 Å². The molecule has 0 atom stereocenters. The third kappa shape index (κ3) is 2.85. The number of halogens is 2. The molecule has 0 fully saturated rings. The Morgan fingerprint density at radius 3 is 2.67 bits per heavy atom. The molecular formula is C12H11F2N3O. The predicted octanol–water partition coefficient (Wildman–Crippen LogP) is 3.01. The fraction of sp³-hybridized carbons (Fsp3) is 0.0833. The first-order valence-electron chi connectivity index (χ1n) is 5.18. The van der Waals surface area contributed by atoms with Crippen LogP contribution >= 0.6 is 0 Å². The SMILES string of the molecule is Nc1cccnc1Nc1ccccc1OC(F)F. The van der Waals surface area contributed by atoms with Gasteiger partial charge in [0.2, 0.25) is 0 Å². The average molecular weight is 251 g/mol. The minimum Gasteiger partial charge on any atom is -0.433 e. The number of rotatable bonds is 4. The summed E-state index contributed by atoms with van der Waals surface area (Å²) in [7, 11) is 0. The fourth-order valence-corrected chi connectivity index (χ4v) is 1.42. The van der Waals surface area contributed by atoms with Gasteiger partial charge in [-0.15, -0.1) is 0 Å². The molecule has 0 aliphatic rings. The number of nitrogen functional groups attached to an aromatic ring is 1. The van der Waals surface area contributed by atoms with E-state index in [1.54, 1.807) is 36.5 Å². The summed E-state index contributed by atoms with van der Waals surface area (Å²) in [4.78, 5) is 4.01. The van der Waals surface area contributed by atoms with E-state index in [9.17, 15) is 8.78 Å². The second kappa shape index (κ2) is 5.31. The number of nitrogens with one attached hydrogen (secondary N) is 1. The summed E-state index contributed by atoms with van der Waals surface area (Å²) in [5.41, 5.74) is 6.50. The van der Waals surface area contributed by atoms with Crippen molar-refractivity contribution in [1.82, 2.24) is 4.98 Å². The number of ether oxygens (including phenoxy) is 1. The Bertz CT molecular complexity index is 534. The van der Waals surface area contributed by atoms with Gasteiger partial charge in [-0.2, -0.15) is 8.78 Å². The summed E-state index contributed by atoms with van der Waals surface area (Å²) in [6.07, 6.45) is 1.55. The van der Waals surface area contributed by atoms with Gasteiger partial charge in [0.25, 0.3) is 0 Å². The minimum absolute atomic E-state index is 0.0394. The van der Waals surface area contributed by atoms with Gasteiger partial charge in [0.15, 0.2) is 5.82 Å². The van der Waals surface area contributed by atoms with Crippen LogP contribution in [0.15, 0.2) is 42.6 Å². The van der Waals surface area contributed by atoms with E-state index in [4.69, 9.17) is 5.73 Å². The van der Waals surface area contributed by atoms with Crippen molar-refractivity contribution in [3.05, 3.63) is 42.6 Å². The van der Waals surface area contributed by atoms with Crippen LogP contribution in [-0.2, 0) is 0 Å². The molecule has 0 bridgehead atoms. The number of hydrogen-bond donors (Lipinski definition) is 2. The topological polar surface area (TPSA) is 60.2 Å². The maximum Gasteiger partial charge on any atom is 0.387 e. The number of alkyl halides is 2. The quantitative estimate of drug-likeness (QED) is 0.876. The van der Waals surface area contributed by atoms with E-state index in [-0.39, 0.29) is 5.75 Å². The molecule has 94 valence electrons. The van der Waals surface area contributed by atoms with E-state index in [0.29, 0.717) is 17.2 Å². The summed E-state index contributed by atoms with van der Waals surface area (Å²) in [5, 5.41) is 2.85. The molecule has 0 spiro atoms. The molecule has 2 aromatic rings. The fourth-order valence-electron chi connectivity index (χ4n) is 1.42. The maximum atomic E-state index is 12.2. The van der Waals surface area contributed by atoms with Crippen molar-refractivity contribution >= 4 is 17.2 Å². The van der Waals surface area contributed by atoms with Crippen molar-refractivity contribution in [1.29, 1.82) is 0 Å². The average Bonchev–Trinajstić information content (AvgIpc) is 2.34. The van der Waals surface area contributed by atoms with Crippen molar-refractivity contribution < 1.29 is 13.5 Å². The third-order valence-corrected chi connectivity index (χ3v) is 2.20. The van der Waals surface area contributed by atoms with Gasteiger partial charge in [-0.3, -0.25) is 0 Å². The molecule has 18 heavy (non-hydrogen) atoms. The largest absolute Gasteiger partial charge is 0.433 e. The normalized spacial score (nSPS) is 10.4. The van der Waals surface area contributed by atoms with E-state index in [0.717, 1.165) is 0 Å². The number of anilines is 3. The second-order valence-corrected chi connectivity index (χ2v) is 3.44. The molecule has 4 nitrogen and oxygen atoms in total. The van der Waals surface area contributed by atoms with E-state index < -0.39 is 6.61 Å². The minimum atomic E-state index is -2.88. The predicted molar refractivity (Wildman–Crippen MR) is 65.0 cm³/mol. The number of hydrogen-bond acceptors (Lipinski definition) is 4. The highest BCUT2D eigenvalue weighted by molar-refractivity contribution is 5.71. The Hall–Kier alpha value is -2.37. The second-order valence-electron chi connectivity index (χ2n) is 3.44. The highest BCUT2D eigenvalue weighted by Crippen LogP contribution is 2.29. The van der Waals surface area contributed by atoms with Crippen LogP contribution in [0.3, 0.4) is 0 Å². The van der Waals surface area contributed by atoms with E-state index in [1.807, 2.05) is 0 Å². The Kier molecular flexibility index (Phi) is 3.57. The highest BCUT2D eigenvalue weighted by atomic mass is 19.3. The highest BCUT2D eigenvalue weighted by Gasteiger charge is 2.10. The van der Waals surface area contributed by atoms with Gasteiger partial charge in [0.1, 0.15) is 5.75 Å². The Morgan fingerprint density at radius 2 is 1.94 bits per heavy atom. The zero-order valence-electron chi connectivity index (χ0n) is 9.31. The summed E-state index contributed by atoms with van der Waals surface area (Å²) < 4.78 is 28.8. The van der Waals surface area contributed by atoms with Crippen molar-refractivity contribution in [3.63, 3.8) is 0 Å². The third-order valence-electron chi connectivity index (χ3n) is 2.20. The van der Waals surface area contributed by atoms with Crippen LogP contribution in [0, 0.1) is 0 Å². The smallest absolute Gasteiger partial charge is 0.387 e. The molecule has 2 rings (SSSR count). The Labute approximate surface area is 102 Å². The number of nitrogens with zero attached hydrogens (tertiary/aromatic N) is 1. The Morgan fingerprint density at radius 1 is 1.17 bits per heavy atom. The lowest BCUT2D eigenvalue weighted by molar-refractivity contribution is -0.0493. The van der Waals surface area contributed by atoms with Crippen LogP contribution in [0.5, 0.6) is 5.75 Å². The van der Waals surface area contributed by atoms with Crippen molar-refractivity contribution in [3.8, 4) is 5.75 Å². The molecule has 0 aliphatic carbocycles. The molecule has 0 radical (unpaired) electrons. The zero-order chi connectivity index (χ0) is 13.0. The number of nitrogens with two attached hydrogens (primary N) is 1. The van der Waals surface area contributed by atoms with Crippen molar-refractivity contribution in [2.45, 2.75) is 6.61 Å². The lowest BCUT2D eigenvalue weighted by Crippen LogP contribution is -2.05. The summed E-state index contributed by atoms with van der Waals surface area (Å²) in [5.74, 6) is 0.431. The zero-order valence-corrected chi connectivity index (χ0v) is 9.31. The molecule has 0 amide bonds. The summed E-state index contributed by atoms with van der Waals surface area (Å²) in [6, 6.07) is 9.68. The molecule has 1 aromatic carbocycles. The van der Waals surface area contributed by atoms with Gasteiger partial charge in [-0.1, -0.05) is 12.1 Å². The first-order chi connectivity index (χ1) is 8.66. The molecule has 0 aliphatic heterocycles. The van der Waals surface area contributed by atoms with Crippen molar-refractivity contribution in [2.24, 2.45) is 0 Å². The molecular weight excluding hydrogens is 240 g/mol. The number of para-hydroxylation sites is 2. The molecule has 1 aromatic heterocycles. The molecule has 0 unspecified atom stereocenters. The van der Waals surface area contributed by atoms with Gasteiger partial charge in [0.05, 0.1) is 11.4 Å².